The zero-order chi connectivity index (χ0) is 32.9. The highest BCUT2D eigenvalue weighted by Gasteiger charge is 2.44. The topological polar surface area (TPSA) is 151 Å². The molecule has 2 aliphatic heterocycles. The summed E-state index contributed by atoms with van der Waals surface area (Å²) < 4.78 is 40.5. The molecule has 5 amide bonds. The van der Waals surface area contributed by atoms with E-state index in [4.69, 9.17) is 0 Å². The lowest BCUT2D eigenvalue weighted by Gasteiger charge is -2.27. The molecule has 11 nitrogen and oxygen atoms in total. The van der Waals surface area contributed by atoms with Crippen LogP contribution in [-0.4, -0.2) is 55.4 Å². The van der Waals surface area contributed by atoms with E-state index in [2.05, 4.69) is 15.7 Å². The number of aryl methyl sites for hydroxylation is 1. The fraction of sp³-hybridized carbons (Fsp3) is 0.188. The van der Waals surface area contributed by atoms with Gasteiger partial charge < -0.3 is 10.4 Å². The fourth-order valence-corrected chi connectivity index (χ4v) is 5.54. The third-order valence-electron chi connectivity index (χ3n) is 7.90. The molecule has 234 valence electrons. The minimum atomic E-state index is -4.63. The van der Waals surface area contributed by atoms with Crippen molar-refractivity contribution >= 4 is 29.5 Å². The summed E-state index contributed by atoms with van der Waals surface area (Å²) in [5, 5.41) is 19.3. The first-order valence-corrected chi connectivity index (χ1v) is 14.0. The van der Waals surface area contributed by atoms with Crippen LogP contribution in [-0.2, 0) is 29.4 Å². The molecule has 0 aliphatic carbocycles. The molecule has 0 spiro atoms. The molecule has 1 unspecified atom stereocenters. The van der Waals surface area contributed by atoms with Crippen LogP contribution in [0.25, 0.3) is 22.4 Å². The highest BCUT2D eigenvalue weighted by Crippen LogP contribution is 2.40. The van der Waals surface area contributed by atoms with Crippen LogP contribution in [0.15, 0.2) is 66.7 Å². The Morgan fingerprint density at radius 2 is 1.65 bits per heavy atom. The number of hydrogen-bond acceptors (Lipinski definition) is 7. The van der Waals surface area contributed by atoms with Crippen LogP contribution in [0.5, 0.6) is 5.75 Å². The number of aromatic hydroxyl groups is 1. The van der Waals surface area contributed by atoms with Crippen molar-refractivity contribution in [3.63, 3.8) is 0 Å². The van der Waals surface area contributed by atoms with Crippen LogP contribution in [0.1, 0.15) is 55.2 Å². The summed E-state index contributed by atoms with van der Waals surface area (Å²) in [5.74, 6) is -3.36. The standard InChI is InChI=1S/C32H24F3N5O6/c1-39-24(14-25(38-39)32(33,34)35)21-4-2-3-19(27(21)42)17-7-5-16(6-8-17)15-36-28(43)18-9-10-20-22(13-18)31(46)40(30(20)45)23-11-12-26(41)37-29(23)44/h2-10,13-14,23,42H,11-12,15H2,1H3,(H,36,43)(H,37,41,44). The smallest absolute Gasteiger partial charge is 0.435 e. The van der Waals surface area contributed by atoms with Gasteiger partial charge in [0.2, 0.25) is 11.8 Å². The van der Waals surface area contributed by atoms with E-state index >= 15 is 0 Å². The number of nitrogens with one attached hydrogen (secondary N) is 2. The van der Waals surface area contributed by atoms with Gasteiger partial charge in [0.25, 0.3) is 17.7 Å². The van der Waals surface area contributed by atoms with Crippen LogP contribution in [0, 0.1) is 0 Å². The lowest BCUT2D eigenvalue weighted by Crippen LogP contribution is -2.54. The molecule has 1 aromatic heterocycles. The van der Waals surface area contributed by atoms with Gasteiger partial charge in [-0.2, -0.15) is 18.3 Å². The van der Waals surface area contributed by atoms with Crippen molar-refractivity contribution in [1.82, 2.24) is 25.3 Å². The number of alkyl halides is 3. The van der Waals surface area contributed by atoms with Gasteiger partial charge in [-0.15, -0.1) is 0 Å². The summed E-state index contributed by atoms with van der Waals surface area (Å²) in [4.78, 5) is 63.5. The van der Waals surface area contributed by atoms with Gasteiger partial charge in [0.15, 0.2) is 5.69 Å². The predicted molar refractivity (Wildman–Crippen MR) is 155 cm³/mol. The Bertz CT molecular complexity index is 1950. The van der Waals surface area contributed by atoms with E-state index in [-0.39, 0.29) is 53.1 Å². The number of rotatable bonds is 6. The number of fused-ring (bicyclic) bond motifs is 1. The van der Waals surface area contributed by atoms with E-state index in [1.165, 1.54) is 31.3 Å². The molecule has 0 bridgehead atoms. The maximum Gasteiger partial charge on any atom is 0.435 e. The monoisotopic (exact) mass is 631 g/mol. The summed E-state index contributed by atoms with van der Waals surface area (Å²) >= 11 is 0. The molecule has 0 radical (unpaired) electrons. The largest absolute Gasteiger partial charge is 0.507 e. The number of carbonyl (C=O) groups excluding carboxylic acids is 5. The Hall–Kier alpha value is -5.79. The molecular formula is C32H24F3N5O6. The normalized spacial score (nSPS) is 16.4. The van der Waals surface area contributed by atoms with Gasteiger partial charge in [-0.3, -0.25) is 38.9 Å². The molecule has 1 fully saturated rings. The predicted octanol–water partition coefficient (Wildman–Crippen LogP) is 3.81. The zero-order valence-electron chi connectivity index (χ0n) is 24.0. The Kier molecular flexibility index (Phi) is 7.42. The third kappa shape index (κ3) is 5.38. The van der Waals surface area contributed by atoms with Gasteiger partial charge in [-0.1, -0.05) is 36.4 Å². The van der Waals surface area contributed by atoms with Crippen LogP contribution in [0.4, 0.5) is 13.2 Å². The molecule has 6 rings (SSSR count). The quantitative estimate of drug-likeness (QED) is 0.274. The lowest BCUT2D eigenvalue weighted by molar-refractivity contribution is -0.141. The second-order valence-electron chi connectivity index (χ2n) is 10.8. The second kappa shape index (κ2) is 11.3. The molecule has 3 aromatic carbocycles. The molecule has 1 atom stereocenters. The molecule has 14 heteroatoms. The molecule has 2 aliphatic rings. The maximum absolute atomic E-state index is 13.2. The van der Waals surface area contributed by atoms with Crippen molar-refractivity contribution in [1.29, 1.82) is 0 Å². The van der Waals surface area contributed by atoms with Crippen molar-refractivity contribution in [3.05, 3.63) is 94.7 Å². The number of halogens is 3. The first kappa shape index (κ1) is 30.2. The van der Waals surface area contributed by atoms with Gasteiger partial charge in [0.1, 0.15) is 11.8 Å². The number of imide groups is 2. The van der Waals surface area contributed by atoms with Gasteiger partial charge >= 0.3 is 6.18 Å². The lowest BCUT2D eigenvalue weighted by atomic mass is 9.98. The number of piperidine rings is 1. The Balaban J connectivity index is 1.14. The number of benzene rings is 3. The van der Waals surface area contributed by atoms with Crippen LogP contribution < -0.4 is 10.6 Å². The Morgan fingerprint density at radius 1 is 0.957 bits per heavy atom. The van der Waals surface area contributed by atoms with Gasteiger partial charge in [-0.25, -0.2) is 0 Å². The summed E-state index contributed by atoms with van der Waals surface area (Å²) in [7, 11) is 1.36. The van der Waals surface area contributed by atoms with Crippen molar-refractivity contribution in [2.45, 2.75) is 31.6 Å². The highest BCUT2D eigenvalue weighted by molar-refractivity contribution is 6.24. The van der Waals surface area contributed by atoms with Gasteiger partial charge in [-0.05, 0) is 47.9 Å². The second-order valence-corrected chi connectivity index (χ2v) is 10.8. The molecule has 0 saturated carbocycles. The minimum absolute atomic E-state index is 0.0105. The van der Waals surface area contributed by atoms with Crippen LogP contribution >= 0.6 is 0 Å². The van der Waals surface area contributed by atoms with Gasteiger partial charge in [0.05, 0.1) is 16.8 Å². The number of para-hydroxylation sites is 1. The van der Waals surface area contributed by atoms with Crippen LogP contribution in [0.3, 0.4) is 0 Å². The fourth-order valence-electron chi connectivity index (χ4n) is 5.54. The molecule has 3 N–H and O–H groups in total. The summed E-state index contributed by atoms with van der Waals surface area (Å²) in [6.45, 7) is 0.0900. The van der Waals surface area contributed by atoms with Crippen molar-refractivity contribution in [2.75, 3.05) is 0 Å². The number of phenolic OH excluding ortho intramolecular Hbond substituents is 1. The van der Waals surface area contributed by atoms with Crippen molar-refractivity contribution in [2.24, 2.45) is 7.05 Å². The van der Waals surface area contributed by atoms with Crippen molar-refractivity contribution < 1.29 is 42.3 Å². The number of hydrogen-bond donors (Lipinski definition) is 3. The number of aromatic nitrogens is 2. The molecular weight excluding hydrogens is 607 g/mol. The molecule has 46 heavy (non-hydrogen) atoms. The number of nitrogens with zero attached hydrogens (tertiary/aromatic N) is 3. The van der Waals surface area contributed by atoms with E-state index in [1.54, 1.807) is 36.4 Å². The number of carbonyl (C=O) groups is 5. The van der Waals surface area contributed by atoms with E-state index in [0.717, 1.165) is 15.6 Å². The van der Waals surface area contributed by atoms with Crippen LogP contribution in [0.2, 0.25) is 0 Å². The average Bonchev–Trinajstić information content (AvgIpc) is 3.53. The Labute approximate surface area is 258 Å². The molecule has 4 aromatic rings. The first-order valence-electron chi connectivity index (χ1n) is 14.0. The molecule has 3 heterocycles. The maximum atomic E-state index is 13.2. The first-order chi connectivity index (χ1) is 21.8. The summed E-state index contributed by atoms with van der Waals surface area (Å²) in [6.07, 6.45) is -4.63. The number of amides is 5. The van der Waals surface area contributed by atoms with E-state index < -0.39 is 47.4 Å². The summed E-state index contributed by atoms with van der Waals surface area (Å²) in [5.41, 5.74) is 0.990. The minimum Gasteiger partial charge on any atom is -0.507 e. The highest BCUT2D eigenvalue weighted by atomic mass is 19.4. The Morgan fingerprint density at radius 3 is 2.33 bits per heavy atom. The molecule has 1 saturated heterocycles. The SMILES string of the molecule is Cn1nc(C(F)(F)F)cc1-c1cccc(-c2ccc(CNC(=O)c3ccc4c(c3)C(=O)N(C3CCC(=O)NC3=O)C4=O)cc2)c1O. The number of phenols is 1. The van der Waals surface area contributed by atoms with Gasteiger partial charge in [0, 0.05) is 36.7 Å². The van der Waals surface area contributed by atoms with E-state index in [1.807, 2.05) is 0 Å². The van der Waals surface area contributed by atoms with E-state index in [0.29, 0.717) is 16.7 Å². The van der Waals surface area contributed by atoms with Crippen molar-refractivity contribution in [3.8, 4) is 28.1 Å². The average molecular weight is 632 g/mol. The summed E-state index contributed by atoms with van der Waals surface area (Å²) in [6, 6.07) is 15.3. The third-order valence-corrected chi connectivity index (χ3v) is 7.90. The zero-order valence-corrected chi connectivity index (χ0v) is 24.0. The van der Waals surface area contributed by atoms with E-state index in [9.17, 15) is 42.3 Å².